The number of rotatable bonds is 1. The normalized spacial score (nSPS) is 24.5. The van der Waals surface area contributed by atoms with Gasteiger partial charge in [-0.1, -0.05) is 0 Å². The highest BCUT2D eigenvalue weighted by atomic mass is 19.1. The molecule has 1 saturated heterocycles. The maximum Gasteiger partial charge on any atom is 0.165 e. The molecule has 3 rings (SSSR count). The van der Waals surface area contributed by atoms with Gasteiger partial charge in [0.2, 0.25) is 0 Å². The van der Waals surface area contributed by atoms with Crippen LogP contribution >= 0.6 is 0 Å². The monoisotopic (exact) mass is 242 g/mol. The largest absolute Gasteiger partial charge is 0.490 e. The van der Waals surface area contributed by atoms with Crippen molar-refractivity contribution in [1.82, 2.24) is 0 Å². The van der Waals surface area contributed by atoms with Crippen LogP contribution in [-0.2, 0) is 15.9 Å². The van der Waals surface area contributed by atoms with E-state index in [1.807, 2.05) is 0 Å². The van der Waals surface area contributed by atoms with Gasteiger partial charge in [0.15, 0.2) is 17.9 Å². The second kappa shape index (κ2) is 4.23. The lowest BCUT2D eigenvalue weighted by Crippen LogP contribution is -2.33. The highest BCUT2D eigenvalue weighted by Crippen LogP contribution is 2.34. The van der Waals surface area contributed by atoms with Crippen molar-refractivity contribution >= 4 is 0 Å². The molecule has 0 N–H and O–H groups in total. The fraction of sp³-hybridized carbons (Fsp3) is 0.500. The third-order valence-corrected chi connectivity index (χ3v) is 3.10. The molecule has 2 aliphatic rings. The van der Waals surface area contributed by atoms with Crippen molar-refractivity contribution in [3.8, 4) is 5.75 Å². The summed E-state index contributed by atoms with van der Waals surface area (Å²) in [6, 6.07) is 2.20. The summed E-state index contributed by atoms with van der Waals surface area (Å²) in [6.45, 7) is 1.37. The van der Waals surface area contributed by atoms with Crippen molar-refractivity contribution < 1.29 is 23.0 Å². The molecule has 1 aromatic rings. The molecule has 0 spiro atoms. The predicted octanol–water partition coefficient (Wildman–Crippen LogP) is 1.89. The van der Waals surface area contributed by atoms with Crippen LogP contribution < -0.4 is 4.74 Å². The lowest BCUT2D eigenvalue weighted by atomic mass is 9.95. The Hall–Kier alpha value is -1.20. The number of hydrogen-bond donors (Lipinski definition) is 0. The smallest absolute Gasteiger partial charge is 0.165 e. The quantitative estimate of drug-likeness (QED) is 0.752. The van der Waals surface area contributed by atoms with E-state index in [4.69, 9.17) is 14.2 Å². The average Bonchev–Trinajstić information content (AvgIpc) is 2.87. The molecule has 1 atom stereocenters. The second-order valence-corrected chi connectivity index (χ2v) is 4.22. The number of benzene rings is 1. The van der Waals surface area contributed by atoms with Crippen LogP contribution in [0.25, 0.3) is 0 Å². The standard InChI is InChI=1S/C12H12F2O3/c13-9-1-2-10(14)11-8(9)5-7(6-17-11)12-15-3-4-16-12/h1-2,7,12H,3-6H2/t7-/m0/s1. The summed E-state index contributed by atoms with van der Waals surface area (Å²) >= 11 is 0. The lowest BCUT2D eigenvalue weighted by Gasteiger charge is -2.28. The first-order valence-electron chi connectivity index (χ1n) is 5.58. The van der Waals surface area contributed by atoms with Gasteiger partial charge in [0, 0.05) is 11.5 Å². The van der Waals surface area contributed by atoms with Gasteiger partial charge in [-0.25, -0.2) is 8.78 Å². The molecule has 0 radical (unpaired) electrons. The van der Waals surface area contributed by atoms with Crippen molar-refractivity contribution in [2.24, 2.45) is 5.92 Å². The Morgan fingerprint density at radius 3 is 2.53 bits per heavy atom. The zero-order chi connectivity index (χ0) is 11.8. The van der Waals surface area contributed by atoms with Crippen LogP contribution in [0.3, 0.4) is 0 Å². The highest BCUT2D eigenvalue weighted by molar-refractivity contribution is 5.38. The summed E-state index contributed by atoms with van der Waals surface area (Å²) < 4.78 is 43.0. The molecule has 0 unspecified atom stereocenters. The van der Waals surface area contributed by atoms with Gasteiger partial charge in [-0.05, 0) is 18.6 Å². The lowest BCUT2D eigenvalue weighted by molar-refractivity contribution is -0.0968. The van der Waals surface area contributed by atoms with Crippen LogP contribution in [0, 0.1) is 17.6 Å². The van der Waals surface area contributed by atoms with E-state index in [-0.39, 0.29) is 30.1 Å². The maximum atomic E-state index is 13.6. The van der Waals surface area contributed by atoms with Gasteiger partial charge in [0.1, 0.15) is 5.82 Å². The van der Waals surface area contributed by atoms with E-state index in [1.54, 1.807) is 0 Å². The van der Waals surface area contributed by atoms with Crippen molar-refractivity contribution in [3.63, 3.8) is 0 Å². The first-order valence-corrected chi connectivity index (χ1v) is 5.58. The van der Waals surface area contributed by atoms with Crippen LogP contribution in [-0.4, -0.2) is 26.1 Å². The van der Waals surface area contributed by atoms with E-state index in [2.05, 4.69) is 0 Å². The van der Waals surface area contributed by atoms with Crippen LogP contribution in [0.4, 0.5) is 8.78 Å². The van der Waals surface area contributed by atoms with Gasteiger partial charge in [-0.15, -0.1) is 0 Å². The van der Waals surface area contributed by atoms with Crippen LogP contribution in [0.15, 0.2) is 12.1 Å². The van der Waals surface area contributed by atoms with Crippen LogP contribution in [0.5, 0.6) is 5.75 Å². The third kappa shape index (κ3) is 1.89. The summed E-state index contributed by atoms with van der Waals surface area (Å²) in [7, 11) is 0. The molecule has 2 heterocycles. The Morgan fingerprint density at radius 2 is 1.76 bits per heavy atom. The molecule has 3 nitrogen and oxygen atoms in total. The molecule has 0 aromatic heterocycles. The minimum absolute atomic E-state index is 0.0271. The zero-order valence-electron chi connectivity index (χ0n) is 9.12. The fourth-order valence-electron chi connectivity index (χ4n) is 2.26. The summed E-state index contributed by atoms with van der Waals surface area (Å²) in [5.74, 6) is -1.02. The Labute approximate surface area is 97.3 Å². The van der Waals surface area contributed by atoms with Gasteiger partial charge in [0.25, 0.3) is 0 Å². The molecule has 1 fully saturated rings. The number of hydrogen-bond acceptors (Lipinski definition) is 3. The first kappa shape index (κ1) is 10.9. The molecule has 2 aliphatic heterocycles. The minimum atomic E-state index is -0.520. The van der Waals surface area contributed by atoms with E-state index < -0.39 is 11.6 Å². The van der Waals surface area contributed by atoms with Gasteiger partial charge >= 0.3 is 0 Å². The van der Waals surface area contributed by atoms with Gasteiger partial charge in [-0.2, -0.15) is 0 Å². The van der Waals surface area contributed by atoms with Crippen molar-refractivity contribution in [2.45, 2.75) is 12.7 Å². The Bertz CT molecular complexity index is 430. The van der Waals surface area contributed by atoms with Crippen molar-refractivity contribution in [2.75, 3.05) is 19.8 Å². The van der Waals surface area contributed by atoms with E-state index in [0.717, 1.165) is 12.1 Å². The van der Waals surface area contributed by atoms with Crippen molar-refractivity contribution in [3.05, 3.63) is 29.3 Å². The molecule has 0 aliphatic carbocycles. The first-order chi connectivity index (χ1) is 8.25. The minimum Gasteiger partial charge on any atom is -0.490 e. The number of ether oxygens (including phenoxy) is 3. The molecule has 5 heteroatoms. The van der Waals surface area contributed by atoms with Gasteiger partial charge in [-0.3, -0.25) is 0 Å². The molecule has 0 bridgehead atoms. The van der Waals surface area contributed by atoms with Gasteiger partial charge in [0.05, 0.1) is 19.8 Å². The SMILES string of the molecule is Fc1ccc(F)c2c1C[C@H](C1OCCO1)CO2. The van der Waals surface area contributed by atoms with Crippen LogP contribution in [0.2, 0.25) is 0 Å². The molecule has 1 aromatic carbocycles. The molecular weight excluding hydrogens is 230 g/mol. The molecule has 92 valence electrons. The van der Waals surface area contributed by atoms with E-state index >= 15 is 0 Å². The highest BCUT2D eigenvalue weighted by Gasteiger charge is 2.33. The maximum absolute atomic E-state index is 13.6. The summed E-state index contributed by atoms with van der Waals surface area (Å²) in [4.78, 5) is 0. The van der Waals surface area contributed by atoms with Gasteiger partial charge < -0.3 is 14.2 Å². The molecular formula is C12H12F2O3. The molecule has 0 amide bonds. The Morgan fingerprint density at radius 1 is 1.06 bits per heavy atom. The summed E-state index contributed by atoms with van der Waals surface area (Å²) in [5.41, 5.74) is 0.278. The average molecular weight is 242 g/mol. The summed E-state index contributed by atoms with van der Waals surface area (Å²) in [5, 5.41) is 0. The summed E-state index contributed by atoms with van der Waals surface area (Å²) in [6.07, 6.45) is 0.00895. The number of halogens is 2. The fourth-order valence-corrected chi connectivity index (χ4v) is 2.26. The zero-order valence-corrected chi connectivity index (χ0v) is 9.12. The Kier molecular flexibility index (Phi) is 2.72. The Balaban J connectivity index is 1.86. The molecule has 0 saturated carbocycles. The van der Waals surface area contributed by atoms with E-state index in [0.29, 0.717) is 19.6 Å². The molecule has 17 heavy (non-hydrogen) atoms. The van der Waals surface area contributed by atoms with Crippen LogP contribution in [0.1, 0.15) is 5.56 Å². The second-order valence-electron chi connectivity index (χ2n) is 4.22. The predicted molar refractivity (Wildman–Crippen MR) is 54.7 cm³/mol. The van der Waals surface area contributed by atoms with E-state index in [1.165, 1.54) is 0 Å². The number of fused-ring (bicyclic) bond motifs is 1. The van der Waals surface area contributed by atoms with Crippen molar-refractivity contribution in [1.29, 1.82) is 0 Å². The van der Waals surface area contributed by atoms with E-state index in [9.17, 15) is 8.78 Å². The topological polar surface area (TPSA) is 27.7 Å². The third-order valence-electron chi connectivity index (χ3n) is 3.10.